The normalized spacial score (nSPS) is 19.2. The van der Waals surface area contributed by atoms with Crippen LogP contribution in [0.4, 0.5) is 0 Å². The monoisotopic (exact) mass is 216 g/mol. The largest absolute Gasteiger partial charge is 0.495 e. The molecule has 0 spiro atoms. The molecule has 0 saturated carbocycles. The van der Waals surface area contributed by atoms with Crippen molar-refractivity contribution in [3.63, 3.8) is 0 Å². The molecule has 1 saturated heterocycles. The van der Waals surface area contributed by atoms with Gasteiger partial charge in [0, 0.05) is 36.5 Å². The highest BCUT2D eigenvalue weighted by atomic mass is 16.6. The van der Waals surface area contributed by atoms with Gasteiger partial charge < -0.3 is 9.31 Å². The Kier molecular flexibility index (Phi) is 2.95. The van der Waals surface area contributed by atoms with E-state index in [0.717, 1.165) is 5.46 Å². The second-order valence-electron chi connectivity index (χ2n) is 4.69. The summed E-state index contributed by atoms with van der Waals surface area (Å²) >= 11 is 0. The van der Waals surface area contributed by atoms with Gasteiger partial charge in [-0.1, -0.05) is 13.8 Å². The topological polar surface area (TPSA) is 55.1 Å². The molecule has 0 aliphatic carbocycles. The number of hydrogen-bond acceptors (Lipinski definition) is 4. The second kappa shape index (κ2) is 4.24. The standard InChI is InChI=1S/C11H13BN2O2/c1-11(2)7-15-12(16-8-11)10-3-4-14-6-9(10)5-13/h3-4,6H,7-8H2,1-2H3. The zero-order valence-corrected chi connectivity index (χ0v) is 9.43. The lowest BCUT2D eigenvalue weighted by Gasteiger charge is -2.33. The summed E-state index contributed by atoms with van der Waals surface area (Å²) in [6, 6.07) is 3.86. The van der Waals surface area contributed by atoms with E-state index in [1.54, 1.807) is 12.3 Å². The molecule has 0 aromatic carbocycles. The first-order chi connectivity index (χ1) is 7.62. The van der Waals surface area contributed by atoms with Crippen LogP contribution in [0, 0.1) is 16.7 Å². The first kappa shape index (κ1) is 11.1. The highest BCUT2D eigenvalue weighted by Gasteiger charge is 2.34. The minimum absolute atomic E-state index is 0.0380. The zero-order chi connectivity index (χ0) is 11.6. The van der Waals surface area contributed by atoms with Crippen LogP contribution in [0.5, 0.6) is 0 Å². The minimum atomic E-state index is -0.439. The molecule has 1 aromatic rings. The highest BCUT2D eigenvalue weighted by Crippen LogP contribution is 2.21. The maximum Gasteiger partial charge on any atom is 0.495 e. The van der Waals surface area contributed by atoms with Crippen molar-refractivity contribution in [3.05, 3.63) is 24.0 Å². The summed E-state index contributed by atoms with van der Waals surface area (Å²) in [7, 11) is -0.439. The first-order valence-electron chi connectivity index (χ1n) is 5.20. The third-order valence-corrected chi connectivity index (χ3v) is 2.48. The van der Waals surface area contributed by atoms with E-state index in [1.807, 2.05) is 0 Å². The zero-order valence-electron chi connectivity index (χ0n) is 9.43. The minimum Gasteiger partial charge on any atom is -0.407 e. The summed E-state index contributed by atoms with van der Waals surface area (Å²) in [6.45, 7) is 5.43. The Morgan fingerprint density at radius 1 is 1.44 bits per heavy atom. The SMILES string of the molecule is CC1(C)COB(c2ccncc2C#N)OC1. The number of pyridine rings is 1. The van der Waals surface area contributed by atoms with Gasteiger partial charge in [-0.3, -0.25) is 4.98 Å². The predicted octanol–water partition coefficient (Wildman–Crippen LogP) is 0.721. The number of nitriles is 1. The fourth-order valence-corrected chi connectivity index (χ4v) is 1.58. The van der Waals surface area contributed by atoms with Crippen molar-refractivity contribution in [1.29, 1.82) is 5.26 Å². The molecule has 2 heterocycles. The smallest absolute Gasteiger partial charge is 0.407 e. The average molecular weight is 216 g/mol. The van der Waals surface area contributed by atoms with Gasteiger partial charge in [0.2, 0.25) is 0 Å². The Morgan fingerprint density at radius 3 is 2.75 bits per heavy atom. The molecular weight excluding hydrogens is 203 g/mol. The number of aromatic nitrogens is 1. The van der Waals surface area contributed by atoms with Crippen LogP contribution in [0.1, 0.15) is 19.4 Å². The Labute approximate surface area is 95.3 Å². The van der Waals surface area contributed by atoms with Crippen LogP contribution in [-0.4, -0.2) is 25.3 Å². The Bertz CT molecular complexity index is 418. The van der Waals surface area contributed by atoms with Crippen LogP contribution in [0.3, 0.4) is 0 Å². The summed E-state index contributed by atoms with van der Waals surface area (Å²) < 4.78 is 11.2. The molecule has 5 heteroatoms. The van der Waals surface area contributed by atoms with Crippen molar-refractivity contribution in [1.82, 2.24) is 4.98 Å². The molecule has 1 aliphatic heterocycles. The van der Waals surface area contributed by atoms with E-state index in [2.05, 4.69) is 24.9 Å². The lowest BCUT2D eigenvalue weighted by Crippen LogP contribution is -2.48. The summed E-state index contributed by atoms with van der Waals surface area (Å²) in [5.74, 6) is 0. The molecule has 1 aromatic heterocycles. The van der Waals surface area contributed by atoms with E-state index >= 15 is 0 Å². The first-order valence-corrected chi connectivity index (χ1v) is 5.20. The van der Waals surface area contributed by atoms with E-state index in [1.165, 1.54) is 6.20 Å². The molecular formula is C11H13BN2O2. The number of hydrogen-bond donors (Lipinski definition) is 0. The van der Waals surface area contributed by atoms with E-state index in [0.29, 0.717) is 18.8 Å². The van der Waals surface area contributed by atoms with Crippen molar-refractivity contribution in [2.75, 3.05) is 13.2 Å². The summed E-state index contributed by atoms with van der Waals surface area (Å²) in [4.78, 5) is 3.91. The third kappa shape index (κ3) is 2.24. The fourth-order valence-electron chi connectivity index (χ4n) is 1.58. The molecule has 1 aliphatic rings. The molecule has 0 N–H and O–H groups in total. The Morgan fingerprint density at radius 2 is 2.12 bits per heavy atom. The maximum absolute atomic E-state index is 8.95. The molecule has 2 rings (SSSR count). The molecule has 1 fully saturated rings. The molecule has 16 heavy (non-hydrogen) atoms. The van der Waals surface area contributed by atoms with Crippen molar-refractivity contribution in [3.8, 4) is 6.07 Å². The summed E-state index contributed by atoms with van der Waals surface area (Å²) in [5.41, 5.74) is 1.30. The van der Waals surface area contributed by atoms with Gasteiger partial charge in [0.05, 0.1) is 5.56 Å². The maximum atomic E-state index is 8.95. The van der Waals surface area contributed by atoms with Crippen molar-refractivity contribution >= 4 is 12.6 Å². The molecule has 0 radical (unpaired) electrons. The molecule has 4 nitrogen and oxygen atoms in total. The third-order valence-electron chi connectivity index (χ3n) is 2.48. The van der Waals surface area contributed by atoms with E-state index in [4.69, 9.17) is 14.6 Å². The number of rotatable bonds is 1. The second-order valence-corrected chi connectivity index (χ2v) is 4.69. The van der Waals surface area contributed by atoms with Gasteiger partial charge in [-0.15, -0.1) is 0 Å². The van der Waals surface area contributed by atoms with Gasteiger partial charge in [-0.05, 0) is 6.07 Å². The van der Waals surface area contributed by atoms with Gasteiger partial charge in [0.1, 0.15) is 6.07 Å². The van der Waals surface area contributed by atoms with Crippen LogP contribution in [0.15, 0.2) is 18.5 Å². The molecule has 0 amide bonds. The van der Waals surface area contributed by atoms with Gasteiger partial charge in [0.25, 0.3) is 0 Å². The molecule has 82 valence electrons. The molecule has 0 bridgehead atoms. The Balaban J connectivity index is 2.18. The lowest BCUT2D eigenvalue weighted by molar-refractivity contribution is 0.0343. The molecule has 0 atom stereocenters. The summed E-state index contributed by atoms with van der Waals surface area (Å²) in [6.07, 6.45) is 3.17. The van der Waals surface area contributed by atoms with Crippen LogP contribution >= 0.6 is 0 Å². The Hall–Kier alpha value is -1.38. The van der Waals surface area contributed by atoms with Crippen LogP contribution in [-0.2, 0) is 9.31 Å². The number of nitrogens with zero attached hydrogens (tertiary/aromatic N) is 2. The van der Waals surface area contributed by atoms with Gasteiger partial charge in [-0.2, -0.15) is 5.26 Å². The average Bonchev–Trinajstić information content (AvgIpc) is 2.29. The van der Waals surface area contributed by atoms with Gasteiger partial charge in [0.15, 0.2) is 0 Å². The summed E-state index contributed by atoms with van der Waals surface area (Å²) in [5, 5.41) is 8.95. The fraction of sp³-hybridized carbons (Fsp3) is 0.455. The van der Waals surface area contributed by atoms with E-state index in [9.17, 15) is 0 Å². The lowest BCUT2D eigenvalue weighted by atomic mass is 9.74. The van der Waals surface area contributed by atoms with Crippen LogP contribution < -0.4 is 5.46 Å². The van der Waals surface area contributed by atoms with Crippen molar-refractivity contribution in [2.24, 2.45) is 5.41 Å². The molecule has 0 unspecified atom stereocenters. The van der Waals surface area contributed by atoms with Gasteiger partial charge in [-0.25, -0.2) is 0 Å². The quantitative estimate of drug-likeness (QED) is 0.649. The highest BCUT2D eigenvalue weighted by molar-refractivity contribution is 6.62. The van der Waals surface area contributed by atoms with Gasteiger partial charge >= 0.3 is 7.12 Å². The van der Waals surface area contributed by atoms with Crippen LogP contribution in [0.2, 0.25) is 0 Å². The van der Waals surface area contributed by atoms with E-state index < -0.39 is 7.12 Å². The van der Waals surface area contributed by atoms with Crippen LogP contribution in [0.25, 0.3) is 0 Å². The van der Waals surface area contributed by atoms with Crippen molar-refractivity contribution < 1.29 is 9.31 Å². The van der Waals surface area contributed by atoms with Crippen molar-refractivity contribution in [2.45, 2.75) is 13.8 Å². The predicted molar refractivity (Wildman–Crippen MR) is 60.0 cm³/mol. The van der Waals surface area contributed by atoms with E-state index in [-0.39, 0.29) is 5.41 Å².